The quantitative estimate of drug-likeness (QED) is 0.179. The van der Waals surface area contributed by atoms with E-state index in [-0.39, 0.29) is 5.41 Å². The molecule has 10 rings (SSSR count). The fourth-order valence-electron chi connectivity index (χ4n) is 8.74. The summed E-state index contributed by atoms with van der Waals surface area (Å²) in [4.78, 5) is 2.44. The number of anilines is 3. The first-order valence-corrected chi connectivity index (χ1v) is 18.1. The molecule has 51 heavy (non-hydrogen) atoms. The summed E-state index contributed by atoms with van der Waals surface area (Å²) in [6.45, 7) is 4.71. The predicted octanol–water partition coefficient (Wildman–Crippen LogP) is 13.2. The number of aromatic nitrogens is 1. The highest BCUT2D eigenvalue weighted by Crippen LogP contribution is 2.51. The molecule has 0 atom stereocenters. The van der Waals surface area contributed by atoms with Gasteiger partial charge in [0.25, 0.3) is 0 Å². The van der Waals surface area contributed by atoms with E-state index in [1.54, 1.807) is 0 Å². The second-order valence-electron chi connectivity index (χ2n) is 14.5. The van der Waals surface area contributed by atoms with Crippen molar-refractivity contribution >= 4 is 44.8 Å². The summed E-state index contributed by atoms with van der Waals surface area (Å²) < 4.78 is 2.46. The summed E-state index contributed by atoms with van der Waals surface area (Å²) in [5, 5.41) is 3.78. The van der Waals surface area contributed by atoms with E-state index in [2.05, 4.69) is 193 Å². The molecule has 7 aromatic carbocycles. The molecule has 2 aliphatic carbocycles. The van der Waals surface area contributed by atoms with Crippen LogP contribution in [-0.2, 0) is 11.8 Å². The second-order valence-corrected chi connectivity index (χ2v) is 14.5. The average molecular weight is 655 g/mol. The van der Waals surface area contributed by atoms with Crippen molar-refractivity contribution in [3.8, 4) is 27.9 Å². The Morgan fingerprint density at radius 1 is 0.569 bits per heavy atom. The molecule has 244 valence electrons. The number of para-hydroxylation sites is 1. The van der Waals surface area contributed by atoms with Crippen LogP contribution >= 0.6 is 0 Å². The van der Waals surface area contributed by atoms with Crippen molar-refractivity contribution in [3.63, 3.8) is 0 Å². The van der Waals surface area contributed by atoms with Gasteiger partial charge in [-0.05, 0) is 106 Å². The summed E-state index contributed by atoms with van der Waals surface area (Å²) in [7, 11) is 0. The van der Waals surface area contributed by atoms with Crippen molar-refractivity contribution < 1.29 is 0 Å². The van der Waals surface area contributed by atoms with Gasteiger partial charge >= 0.3 is 0 Å². The summed E-state index contributed by atoms with van der Waals surface area (Å²) in [6, 6.07) is 58.2. The van der Waals surface area contributed by atoms with E-state index in [1.807, 2.05) is 0 Å². The highest BCUT2D eigenvalue weighted by Gasteiger charge is 2.35. The molecule has 0 aliphatic heterocycles. The molecule has 0 spiro atoms. The first-order valence-electron chi connectivity index (χ1n) is 18.1. The maximum Gasteiger partial charge on any atom is 0.0540 e. The van der Waals surface area contributed by atoms with Gasteiger partial charge in [0, 0.05) is 44.5 Å². The third kappa shape index (κ3) is 4.63. The number of fused-ring (bicyclic) bond motifs is 7. The zero-order chi connectivity index (χ0) is 34.1. The summed E-state index contributed by atoms with van der Waals surface area (Å²) >= 11 is 0. The van der Waals surface area contributed by atoms with Gasteiger partial charge in [-0.15, -0.1) is 0 Å². The van der Waals surface area contributed by atoms with Gasteiger partial charge in [-0.1, -0.05) is 129 Å². The van der Waals surface area contributed by atoms with Gasteiger partial charge in [-0.3, -0.25) is 0 Å². The zero-order valence-electron chi connectivity index (χ0n) is 29.0. The third-order valence-electron chi connectivity index (χ3n) is 11.2. The van der Waals surface area contributed by atoms with E-state index in [0.29, 0.717) is 0 Å². The molecular formula is C49H38N2. The maximum atomic E-state index is 2.46. The Labute approximate surface area is 299 Å². The smallest absolute Gasteiger partial charge is 0.0540 e. The van der Waals surface area contributed by atoms with Crippen LogP contribution in [0, 0.1) is 0 Å². The predicted molar refractivity (Wildman–Crippen MR) is 216 cm³/mol. The van der Waals surface area contributed by atoms with Crippen LogP contribution in [0.15, 0.2) is 164 Å². The van der Waals surface area contributed by atoms with Crippen LogP contribution < -0.4 is 4.90 Å². The highest BCUT2D eigenvalue weighted by atomic mass is 15.1. The lowest BCUT2D eigenvalue weighted by Gasteiger charge is -2.29. The SMILES string of the molecule is CC1(C)c2ccccc2-c2ccc(N(c3ccc(-c4ccc5c(c4)c4c(n5-c5ccccc5)CCC=C4)cc3)c3cccc4ccccc34)cc21. The van der Waals surface area contributed by atoms with E-state index in [1.165, 1.54) is 83.4 Å². The van der Waals surface area contributed by atoms with E-state index >= 15 is 0 Å². The van der Waals surface area contributed by atoms with Gasteiger partial charge in [0.05, 0.1) is 11.2 Å². The standard InChI is InChI=1S/C49H38N2/c1-49(2)44-20-10-8-18-40(44)41-29-28-38(32-45(41)49)50(46-22-12-14-34-13-6-7-17-39(34)46)37-26-23-33(24-27-37)35-25-30-48-43(31-35)42-19-9-11-21-47(42)51(48)36-15-4-3-5-16-36/h3-10,12-20,22-32H,11,21H2,1-2H3. The number of allylic oxidation sites excluding steroid dienone is 1. The first-order chi connectivity index (χ1) is 25.1. The fourth-order valence-corrected chi connectivity index (χ4v) is 8.74. The van der Waals surface area contributed by atoms with Gasteiger partial charge in [-0.2, -0.15) is 0 Å². The minimum atomic E-state index is -0.0806. The third-order valence-corrected chi connectivity index (χ3v) is 11.2. The molecule has 0 unspecified atom stereocenters. The van der Waals surface area contributed by atoms with Crippen LogP contribution in [0.4, 0.5) is 17.1 Å². The van der Waals surface area contributed by atoms with Crippen molar-refractivity contribution in [2.45, 2.75) is 32.1 Å². The molecule has 0 amide bonds. The Bertz CT molecular complexity index is 2650. The van der Waals surface area contributed by atoms with E-state index in [0.717, 1.165) is 18.5 Å². The Hall–Kier alpha value is -6.12. The lowest BCUT2D eigenvalue weighted by Crippen LogP contribution is -2.16. The van der Waals surface area contributed by atoms with Crippen LogP contribution in [0.1, 0.15) is 42.7 Å². The molecule has 2 nitrogen and oxygen atoms in total. The zero-order valence-corrected chi connectivity index (χ0v) is 29.0. The van der Waals surface area contributed by atoms with E-state index in [4.69, 9.17) is 0 Å². The average Bonchev–Trinajstić information content (AvgIpc) is 3.63. The van der Waals surface area contributed by atoms with Crippen LogP contribution in [0.5, 0.6) is 0 Å². The van der Waals surface area contributed by atoms with Crippen molar-refractivity contribution in [1.29, 1.82) is 0 Å². The van der Waals surface area contributed by atoms with Crippen molar-refractivity contribution in [2.75, 3.05) is 4.90 Å². The number of hydrogen-bond acceptors (Lipinski definition) is 1. The van der Waals surface area contributed by atoms with Crippen molar-refractivity contribution in [1.82, 2.24) is 4.57 Å². The molecule has 0 bridgehead atoms. The minimum absolute atomic E-state index is 0.0806. The van der Waals surface area contributed by atoms with Crippen LogP contribution in [0.3, 0.4) is 0 Å². The Morgan fingerprint density at radius 2 is 1.29 bits per heavy atom. The molecule has 0 radical (unpaired) electrons. The number of rotatable bonds is 5. The highest BCUT2D eigenvalue weighted by molar-refractivity contribution is 6.00. The number of hydrogen-bond donors (Lipinski definition) is 0. The lowest BCUT2D eigenvalue weighted by atomic mass is 9.82. The van der Waals surface area contributed by atoms with Crippen LogP contribution in [0.2, 0.25) is 0 Å². The Balaban J connectivity index is 1.10. The molecule has 0 N–H and O–H groups in total. The summed E-state index contributed by atoms with van der Waals surface area (Å²) in [6.07, 6.45) is 6.77. The first kappa shape index (κ1) is 29.8. The lowest BCUT2D eigenvalue weighted by molar-refractivity contribution is 0.660. The normalized spacial score (nSPS) is 14.0. The van der Waals surface area contributed by atoms with Crippen LogP contribution in [0.25, 0.3) is 55.7 Å². The second kappa shape index (κ2) is 11.5. The Morgan fingerprint density at radius 3 is 2.18 bits per heavy atom. The van der Waals surface area contributed by atoms with Crippen LogP contribution in [-0.4, -0.2) is 4.57 Å². The minimum Gasteiger partial charge on any atom is -0.313 e. The molecule has 0 fully saturated rings. The van der Waals surface area contributed by atoms with Gasteiger partial charge in [0.1, 0.15) is 0 Å². The summed E-state index contributed by atoms with van der Waals surface area (Å²) in [5.41, 5.74) is 16.5. The molecule has 2 heteroatoms. The number of benzene rings is 7. The number of nitrogens with zero attached hydrogens (tertiary/aromatic N) is 2. The Kier molecular flexibility index (Phi) is 6.69. The van der Waals surface area contributed by atoms with Gasteiger partial charge in [0.15, 0.2) is 0 Å². The molecule has 0 saturated heterocycles. The van der Waals surface area contributed by atoms with Gasteiger partial charge < -0.3 is 9.47 Å². The molecule has 1 heterocycles. The van der Waals surface area contributed by atoms with Crippen molar-refractivity contribution in [2.24, 2.45) is 0 Å². The molecule has 0 saturated carbocycles. The van der Waals surface area contributed by atoms with E-state index in [9.17, 15) is 0 Å². The van der Waals surface area contributed by atoms with E-state index < -0.39 is 0 Å². The molecular weight excluding hydrogens is 617 g/mol. The maximum absolute atomic E-state index is 2.46. The monoisotopic (exact) mass is 654 g/mol. The van der Waals surface area contributed by atoms with Gasteiger partial charge in [0.2, 0.25) is 0 Å². The summed E-state index contributed by atoms with van der Waals surface area (Å²) in [5.74, 6) is 0. The largest absolute Gasteiger partial charge is 0.313 e. The molecule has 1 aromatic heterocycles. The fraction of sp³-hybridized carbons (Fsp3) is 0.102. The topological polar surface area (TPSA) is 8.17 Å². The molecule has 2 aliphatic rings. The van der Waals surface area contributed by atoms with Crippen molar-refractivity contribution in [3.05, 3.63) is 186 Å². The van der Waals surface area contributed by atoms with Gasteiger partial charge in [-0.25, -0.2) is 0 Å². The molecule has 8 aromatic rings.